The highest BCUT2D eigenvalue weighted by Gasteiger charge is 2.27. The minimum Gasteiger partial charge on any atom is -0.465 e. The number of aromatic nitrogens is 2. The number of hydrogen-bond acceptors (Lipinski definition) is 6. The van der Waals surface area contributed by atoms with Crippen LogP contribution in [0.25, 0.3) is 0 Å². The van der Waals surface area contributed by atoms with Crippen LogP contribution in [0, 0.1) is 0 Å². The lowest BCUT2D eigenvalue weighted by Gasteiger charge is -2.09. The number of esters is 1. The summed E-state index contributed by atoms with van der Waals surface area (Å²) >= 11 is 1.79. The number of rotatable bonds is 9. The Morgan fingerprint density at radius 1 is 1.40 bits per heavy atom. The van der Waals surface area contributed by atoms with Crippen LogP contribution in [0.1, 0.15) is 64.6 Å². The summed E-state index contributed by atoms with van der Waals surface area (Å²) in [6, 6.07) is 0. The Balaban J connectivity index is 2.68. The van der Waals surface area contributed by atoms with Crippen LogP contribution >= 0.6 is 11.8 Å². The maximum Gasteiger partial charge on any atom is 0.318 e. The van der Waals surface area contributed by atoms with E-state index in [1.54, 1.807) is 18.7 Å². The molecular formula is C14H24N2O3S. The molecule has 0 fully saturated rings. The van der Waals surface area contributed by atoms with Crippen molar-refractivity contribution in [2.24, 2.45) is 0 Å². The van der Waals surface area contributed by atoms with Crippen LogP contribution in [0.3, 0.4) is 0 Å². The molecule has 0 amide bonds. The number of thioether (sulfide) groups is 1. The van der Waals surface area contributed by atoms with Gasteiger partial charge in [0.25, 0.3) is 0 Å². The molecule has 20 heavy (non-hydrogen) atoms. The van der Waals surface area contributed by atoms with E-state index in [1.807, 2.05) is 6.92 Å². The van der Waals surface area contributed by atoms with E-state index >= 15 is 0 Å². The van der Waals surface area contributed by atoms with Crippen LogP contribution in [0.15, 0.2) is 4.52 Å². The van der Waals surface area contributed by atoms with Gasteiger partial charge in [0.15, 0.2) is 5.82 Å². The third-order valence-corrected chi connectivity index (χ3v) is 4.33. The summed E-state index contributed by atoms with van der Waals surface area (Å²) in [5.41, 5.74) is 0. The molecule has 0 aliphatic rings. The standard InChI is InChI=1S/C14H24N2O3S/c1-5-8-11(14(17)18-7-3)13-15-12(16-19-13)9-20-10(4)6-2/h10-11H,5-9H2,1-4H3. The number of carbonyl (C=O) groups excluding carboxylic acids is 1. The molecule has 1 rings (SSSR count). The average molecular weight is 300 g/mol. The van der Waals surface area contributed by atoms with Gasteiger partial charge in [-0.15, -0.1) is 0 Å². The fraction of sp³-hybridized carbons (Fsp3) is 0.786. The summed E-state index contributed by atoms with van der Waals surface area (Å²) in [5, 5.41) is 4.52. The lowest BCUT2D eigenvalue weighted by atomic mass is 10.0. The normalized spacial score (nSPS) is 14.0. The molecule has 2 unspecified atom stereocenters. The smallest absolute Gasteiger partial charge is 0.318 e. The molecule has 114 valence electrons. The van der Waals surface area contributed by atoms with E-state index in [4.69, 9.17) is 9.26 Å². The zero-order chi connectivity index (χ0) is 15.0. The minimum atomic E-state index is -0.435. The largest absolute Gasteiger partial charge is 0.465 e. The molecule has 0 aliphatic heterocycles. The second-order valence-corrected chi connectivity index (χ2v) is 6.10. The molecule has 0 aliphatic carbocycles. The molecule has 1 aromatic heterocycles. The van der Waals surface area contributed by atoms with Crippen molar-refractivity contribution in [1.82, 2.24) is 10.1 Å². The average Bonchev–Trinajstić information content (AvgIpc) is 2.90. The summed E-state index contributed by atoms with van der Waals surface area (Å²) in [7, 11) is 0. The Bertz CT molecular complexity index is 409. The predicted octanol–water partition coefficient (Wildman–Crippen LogP) is 3.55. The number of hydrogen-bond donors (Lipinski definition) is 0. The van der Waals surface area contributed by atoms with E-state index in [1.165, 1.54) is 0 Å². The van der Waals surface area contributed by atoms with Crippen LogP contribution in [-0.2, 0) is 15.3 Å². The Morgan fingerprint density at radius 2 is 2.15 bits per heavy atom. The van der Waals surface area contributed by atoms with Crippen LogP contribution < -0.4 is 0 Å². The molecule has 0 aromatic carbocycles. The molecule has 0 N–H and O–H groups in total. The molecule has 0 saturated carbocycles. The van der Waals surface area contributed by atoms with Gasteiger partial charge < -0.3 is 9.26 Å². The summed E-state index contributed by atoms with van der Waals surface area (Å²) in [6.45, 7) is 8.50. The highest BCUT2D eigenvalue weighted by atomic mass is 32.2. The summed E-state index contributed by atoms with van der Waals surface area (Å²) in [4.78, 5) is 16.2. The number of carbonyl (C=O) groups is 1. The quantitative estimate of drug-likeness (QED) is 0.650. The van der Waals surface area contributed by atoms with Gasteiger partial charge in [0, 0.05) is 5.25 Å². The molecule has 0 bridgehead atoms. The fourth-order valence-corrected chi connectivity index (χ4v) is 2.46. The lowest BCUT2D eigenvalue weighted by Crippen LogP contribution is -2.16. The van der Waals surface area contributed by atoms with Gasteiger partial charge in [-0.05, 0) is 19.8 Å². The van der Waals surface area contributed by atoms with E-state index < -0.39 is 5.92 Å². The lowest BCUT2D eigenvalue weighted by molar-refractivity contribution is -0.145. The second-order valence-electron chi connectivity index (χ2n) is 4.67. The predicted molar refractivity (Wildman–Crippen MR) is 79.6 cm³/mol. The molecule has 2 atom stereocenters. The van der Waals surface area contributed by atoms with E-state index in [0.717, 1.165) is 12.8 Å². The Kier molecular flexibility index (Phi) is 7.65. The van der Waals surface area contributed by atoms with Crippen molar-refractivity contribution >= 4 is 17.7 Å². The van der Waals surface area contributed by atoms with Gasteiger partial charge in [0.2, 0.25) is 5.89 Å². The van der Waals surface area contributed by atoms with E-state index in [0.29, 0.717) is 35.7 Å². The molecular weight excluding hydrogens is 276 g/mol. The monoisotopic (exact) mass is 300 g/mol. The van der Waals surface area contributed by atoms with Crippen molar-refractivity contribution in [2.45, 2.75) is 63.9 Å². The first-order valence-corrected chi connectivity index (χ1v) is 8.27. The minimum absolute atomic E-state index is 0.279. The Labute approximate surface area is 124 Å². The highest BCUT2D eigenvalue weighted by molar-refractivity contribution is 7.99. The number of nitrogens with zero attached hydrogens (tertiary/aromatic N) is 2. The Hall–Kier alpha value is -1.04. The molecule has 1 heterocycles. The molecule has 0 spiro atoms. The van der Waals surface area contributed by atoms with Crippen LogP contribution in [-0.4, -0.2) is 28.0 Å². The first kappa shape index (κ1) is 17.0. The third-order valence-electron chi connectivity index (χ3n) is 3.00. The molecule has 6 heteroatoms. The van der Waals surface area contributed by atoms with Gasteiger partial charge in [-0.25, -0.2) is 0 Å². The van der Waals surface area contributed by atoms with Crippen LogP contribution in [0.4, 0.5) is 0 Å². The second kappa shape index (κ2) is 9.00. The summed E-state index contributed by atoms with van der Waals surface area (Å²) < 4.78 is 10.3. The molecule has 0 saturated heterocycles. The van der Waals surface area contributed by atoms with E-state index in [-0.39, 0.29) is 5.97 Å². The molecule has 0 radical (unpaired) electrons. The zero-order valence-corrected chi connectivity index (χ0v) is 13.5. The van der Waals surface area contributed by atoms with Crippen molar-refractivity contribution in [3.8, 4) is 0 Å². The third kappa shape index (κ3) is 5.15. The van der Waals surface area contributed by atoms with Crippen molar-refractivity contribution < 1.29 is 14.1 Å². The topological polar surface area (TPSA) is 65.2 Å². The van der Waals surface area contributed by atoms with Crippen LogP contribution in [0.5, 0.6) is 0 Å². The first-order valence-electron chi connectivity index (χ1n) is 7.22. The van der Waals surface area contributed by atoms with Gasteiger partial charge in [-0.1, -0.05) is 32.3 Å². The Morgan fingerprint density at radius 3 is 2.75 bits per heavy atom. The van der Waals surface area contributed by atoms with Crippen molar-refractivity contribution in [3.05, 3.63) is 11.7 Å². The van der Waals surface area contributed by atoms with Crippen molar-refractivity contribution in [2.75, 3.05) is 6.61 Å². The van der Waals surface area contributed by atoms with E-state index in [2.05, 4.69) is 24.0 Å². The number of ether oxygens (including phenoxy) is 1. The first-order chi connectivity index (χ1) is 9.62. The van der Waals surface area contributed by atoms with Gasteiger partial charge in [0.1, 0.15) is 5.92 Å². The van der Waals surface area contributed by atoms with Crippen molar-refractivity contribution in [1.29, 1.82) is 0 Å². The van der Waals surface area contributed by atoms with Gasteiger partial charge in [0.05, 0.1) is 12.4 Å². The highest BCUT2D eigenvalue weighted by Crippen LogP contribution is 2.23. The van der Waals surface area contributed by atoms with Gasteiger partial charge >= 0.3 is 5.97 Å². The summed E-state index contributed by atoms with van der Waals surface area (Å²) in [6.07, 6.45) is 2.64. The summed E-state index contributed by atoms with van der Waals surface area (Å²) in [5.74, 6) is 1.02. The van der Waals surface area contributed by atoms with Gasteiger partial charge in [-0.3, -0.25) is 4.79 Å². The van der Waals surface area contributed by atoms with Crippen LogP contribution in [0.2, 0.25) is 0 Å². The van der Waals surface area contributed by atoms with Crippen molar-refractivity contribution in [3.63, 3.8) is 0 Å². The maximum atomic E-state index is 11.9. The van der Waals surface area contributed by atoms with Gasteiger partial charge in [-0.2, -0.15) is 16.7 Å². The SMILES string of the molecule is CCCC(C(=O)OCC)c1nc(CSC(C)CC)no1. The molecule has 1 aromatic rings. The maximum absolute atomic E-state index is 11.9. The van der Waals surface area contributed by atoms with E-state index in [9.17, 15) is 4.79 Å². The fourth-order valence-electron chi connectivity index (χ4n) is 1.68. The zero-order valence-electron chi connectivity index (χ0n) is 12.7. The molecule has 5 nitrogen and oxygen atoms in total.